The van der Waals surface area contributed by atoms with Crippen molar-refractivity contribution in [1.82, 2.24) is 0 Å². The molecule has 1 N–H and O–H groups in total. The van der Waals surface area contributed by atoms with E-state index in [1.54, 1.807) is 19.9 Å². The van der Waals surface area contributed by atoms with Gasteiger partial charge in [0, 0.05) is 5.57 Å². The summed E-state index contributed by atoms with van der Waals surface area (Å²) >= 11 is 0.300. The molecule has 0 spiro atoms. The van der Waals surface area contributed by atoms with Gasteiger partial charge in [0.2, 0.25) is 0 Å². The summed E-state index contributed by atoms with van der Waals surface area (Å²) in [4.78, 5) is 9.86. The fourth-order valence-electron chi connectivity index (χ4n) is 0.123. The van der Waals surface area contributed by atoms with Crippen LogP contribution in [0.4, 0.5) is 0 Å². The van der Waals surface area contributed by atoms with E-state index >= 15 is 0 Å². The van der Waals surface area contributed by atoms with Crippen molar-refractivity contribution >= 4 is 5.97 Å². The third kappa shape index (κ3) is 7.89. The molecule has 3 nitrogen and oxygen atoms in total. The van der Waals surface area contributed by atoms with Crippen LogP contribution in [0.2, 0.25) is 0 Å². The molecule has 50 valence electrons. The van der Waals surface area contributed by atoms with Gasteiger partial charge in [-0.05, 0) is 13.8 Å². The van der Waals surface area contributed by atoms with Crippen molar-refractivity contribution in [2.24, 2.45) is 0 Å². The molecule has 0 rings (SSSR count). The standard InChI is InChI=1S/C5H8O2.O.Zr/c1-3-4(2)5(6)7;;/h3H,1-2H3,(H,6,7);;. The quantitative estimate of drug-likeness (QED) is 0.650. The van der Waals surface area contributed by atoms with Crippen LogP contribution in [-0.4, -0.2) is 11.1 Å². The molecule has 0 aliphatic carbocycles. The van der Waals surface area contributed by atoms with Crippen LogP contribution >= 0.6 is 0 Å². The van der Waals surface area contributed by atoms with E-state index < -0.39 is 5.97 Å². The third-order valence-corrected chi connectivity index (χ3v) is 0.770. The van der Waals surface area contributed by atoms with Gasteiger partial charge in [-0.2, -0.15) is 0 Å². The van der Waals surface area contributed by atoms with Crippen LogP contribution in [0.3, 0.4) is 0 Å². The van der Waals surface area contributed by atoms with E-state index in [-0.39, 0.29) is 0 Å². The van der Waals surface area contributed by atoms with Crippen LogP contribution in [0.1, 0.15) is 13.8 Å². The zero-order chi connectivity index (χ0) is 7.86. The van der Waals surface area contributed by atoms with Crippen LogP contribution in [-0.2, 0) is 32.3 Å². The van der Waals surface area contributed by atoms with Crippen molar-refractivity contribution in [1.29, 1.82) is 0 Å². The molecule has 0 atom stereocenters. The van der Waals surface area contributed by atoms with Crippen LogP contribution in [0.5, 0.6) is 0 Å². The Bertz CT molecular complexity index is 119. The average molecular weight is 207 g/mol. The summed E-state index contributed by atoms with van der Waals surface area (Å²) in [5.74, 6) is -0.845. The molecule has 0 aliphatic heterocycles. The summed E-state index contributed by atoms with van der Waals surface area (Å²) in [5, 5.41) is 8.11. The second kappa shape index (κ2) is 7.89. The number of aliphatic carboxylic acids is 1. The van der Waals surface area contributed by atoms with Gasteiger partial charge >= 0.3 is 33.5 Å². The zero-order valence-electron chi connectivity index (χ0n) is 5.34. The van der Waals surface area contributed by atoms with Gasteiger partial charge < -0.3 is 5.11 Å². The number of carboxylic acids is 1. The van der Waals surface area contributed by atoms with E-state index in [1.165, 1.54) is 0 Å². The summed E-state index contributed by atoms with van der Waals surface area (Å²) in [6.45, 7) is 3.26. The van der Waals surface area contributed by atoms with Gasteiger partial charge in [-0.1, -0.05) is 6.08 Å². The molecule has 0 saturated heterocycles. The SMILES string of the molecule is CC=C(C)C(=O)O.[O]=[Zr]. The molecule has 0 amide bonds. The van der Waals surface area contributed by atoms with Crippen LogP contribution in [0.15, 0.2) is 11.6 Å². The number of hydrogen-bond donors (Lipinski definition) is 1. The Kier molecular flexibility index (Phi) is 10.2. The Morgan fingerprint density at radius 3 is 1.89 bits per heavy atom. The summed E-state index contributed by atoms with van der Waals surface area (Å²) in [6, 6.07) is 0. The molecule has 0 heterocycles. The Labute approximate surface area is 69.1 Å². The van der Waals surface area contributed by atoms with Gasteiger partial charge in [0.05, 0.1) is 0 Å². The van der Waals surface area contributed by atoms with E-state index in [9.17, 15) is 4.79 Å². The molecule has 0 aliphatic rings. The normalized spacial score (nSPS) is 9.22. The minimum atomic E-state index is -0.845. The van der Waals surface area contributed by atoms with Gasteiger partial charge in [0.1, 0.15) is 0 Å². The van der Waals surface area contributed by atoms with E-state index in [0.29, 0.717) is 30.3 Å². The Balaban J connectivity index is 0. The van der Waals surface area contributed by atoms with Crippen molar-refractivity contribution < 1.29 is 37.4 Å². The predicted octanol–water partition coefficient (Wildman–Crippen LogP) is 0.916. The number of hydrogen-bond acceptors (Lipinski definition) is 2. The number of rotatable bonds is 1. The topological polar surface area (TPSA) is 54.4 Å². The molecule has 0 unspecified atom stereocenters. The first-order chi connectivity index (χ1) is 4.18. The Hall–Kier alpha value is -0.107. The average Bonchev–Trinajstić information content (AvgIpc) is 1.91. The molecule has 0 aromatic carbocycles. The van der Waals surface area contributed by atoms with Gasteiger partial charge in [0.25, 0.3) is 0 Å². The van der Waals surface area contributed by atoms with E-state index in [0.717, 1.165) is 0 Å². The first-order valence-electron chi connectivity index (χ1n) is 2.25. The van der Waals surface area contributed by atoms with Gasteiger partial charge in [-0.15, -0.1) is 0 Å². The molecule has 0 radical (unpaired) electrons. The molecule has 0 aromatic heterocycles. The van der Waals surface area contributed by atoms with Crippen molar-refractivity contribution in [3.8, 4) is 0 Å². The molecule has 4 heteroatoms. The maximum absolute atomic E-state index is 9.86. The van der Waals surface area contributed by atoms with Crippen LogP contribution < -0.4 is 0 Å². The molecular weight excluding hydrogens is 199 g/mol. The fourth-order valence-corrected chi connectivity index (χ4v) is 0.123. The minimum absolute atomic E-state index is 0.300. The molecule has 0 saturated carbocycles. The first kappa shape index (κ1) is 11.7. The maximum atomic E-state index is 9.86. The van der Waals surface area contributed by atoms with Crippen molar-refractivity contribution in [3.63, 3.8) is 0 Å². The Morgan fingerprint density at radius 2 is 1.89 bits per heavy atom. The summed E-state index contributed by atoms with van der Waals surface area (Å²) in [5.41, 5.74) is 0.389. The number of carboxylic acid groups (broad SMARTS) is 1. The van der Waals surface area contributed by atoms with Gasteiger partial charge in [-0.3, -0.25) is 0 Å². The van der Waals surface area contributed by atoms with E-state index in [4.69, 9.17) is 7.92 Å². The third-order valence-electron chi connectivity index (χ3n) is 0.770. The number of allylic oxidation sites excluding steroid dienone is 1. The first-order valence-corrected chi connectivity index (χ1v) is 3.25. The second-order valence-electron chi connectivity index (χ2n) is 1.28. The van der Waals surface area contributed by atoms with Crippen LogP contribution in [0.25, 0.3) is 0 Å². The van der Waals surface area contributed by atoms with Gasteiger partial charge in [0.15, 0.2) is 0 Å². The molecule has 9 heavy (non-hydrogen) atoms. The summed E-state index contributed by atoms with van der Waals surface area (Å²) in [6.07, 6.45) is 1.56. The number of carbonyl (C=O) groups is 1. The van der Waals surface area contributed by atoms with Gasteiger partial charge in [-0.25, -0.2) is 4.79 Å². The monoisotopic (exact) mass is 206 g/mol. The molecule has 0 aromatic rings. The van der Waals surface area contributed by atoms with Crippen molar-refractivity contribution in [3.05, 3.63) is 11.6 Å². The zero-order valence-corrected chi connectivity index (χ0v) is 7.80. The Morgan fingerprint density at radius 1 is 1.56 bits per heavy atom. The van der Waals surface area contributed by atoms with Crippen molar-refractivity contribution in [2.45, 2.75) is 13.8 Å². The summed E-state index contributed by atoms with van der Waals surface area (Å²) in [7, 11) is 0. The predicted molar refractivity (Wildman–Crippen MR) is 27.8 cm³/mol. The van der Waals surface area contributed by atoms with Crippen molar-refractivity contribution in [2.75, 3.05) is 0 Å². The molecule has 0 fully saturated rings. The molecular formula is C5H8O3Zr. The second-order valence-corrected chi connectivity index (χ2v) is 1.28. The van der Waals surface area contributed by atoms with E-state index in [1.807, 2.05) is 0 Å². The van der Waals surface area contributed by atoms with Crippen LogP contribution in [0, 0.1) is 0 Å². The molecule has 0 bridgehead atoms. The van der Waals surface area contributed by atoms with E-state index in [2.05, 4.69) is 0 Å². The fraction of sp³-hybridized carbons (Fsp3) is 0.400. The summed E-state index contributed by atoms with van der Waals surface area (Å²) < 4.78 is 8.34.